The number of carbonyl (C=O) groups is 1. The fraction of sp³-hybridized carbons (Fsp3) is 0.412. The summed E-state index contributed by atoms with van der Waals surface area (Å²) in [4.78, 5) is 12.7. The molecule has 0 spiro atoms. The molecule has 3 rings (SSSR count). The first-order valence-corrected chi connectivity index (χ1v) is 9.94. The fourth-order valence-corrected chi connectivity index (χ4v) is 4.68. The van der Waals surface area contributed by atoms with Crippen LogP contribution in [0.1, 0.15) is 28.5 Å². The summed E-state index contributed by atoms with van der Waals surface area (Å²) in [6.45, 7) is 1.80. The zero-order valence-electron chi connectivity index (χ0n) is 14.9. The lowest BCUT2D eigenvalue weighted by atomic mass is 10.2. The minimum atomic E-state index is -3.06. The lowest BCUT2D eigenvalue weighted by Gasteiger charge is -2.14. The molecule has 1 aliphatic rings. The number of hydrogen-bond donors (Lipinski definition) is 1. The van der Waals surface area contributed by atoms with E-state index in [-0.39, 0.29) is 23.5 Å². The molecule has 0 radical (unpaired) electrons. The highest BCUT2D eigenvalue weighted by Crippen LogP contribution is 2.28. The van der Waals surface area contributed by atoms with Crippen LogP contribution in [-0.2, 0) is 9.84 Å². The van der Waals surface area contributed by atoms with Crippen molar-refractivity contribution in [1.82, 2.24) is 9.78 Å². The van der Waals surface area contributed by atoms with Crippen molar-refractivity contribution in [1.29, 1.82) is 0 Å². The van der Waals surface area contributed by atoms with Crippen molar-refractivity contribution in [3.8, 4) is 11.5 Å². The van der Waals surface area contributed by atoms with E-state index in [4.69, 9.17) is 9.47 Å². The van der Waals surface area contributed by atoms with E-state index < -0.39 is 9.84 Å². The Hall–Kier alpha value is -2.55. The predicted molar refractivity (Wildman–Crippen MR) is 96.8 cm³/mol. The number of rotatable bonds is 5. The van der Waals surface area contributed by atoms with E-state index in [2.05, 4.69) is 10.4 Å². The predicted octanol–water partition coefficient (Wildman–Crippen LogP) is 1.82. The summed E-state index contributed by atoms with van der Waals surface area (Å²) in [5.74, 6) is 1.28. The normalized spacial score (nSPS) is 18.5. The Labute approximate surface area is 152 Å². The van der Waals surface area contributed by atoms with Crippen molar-refractivity contribution in [3.05, 3.63) is 35.5 Å². The molecular weight excluding hydrogens is 358 g/mol. The molecule has 26 heavy (non-hydrogen) atoms. The first-order valence-electron chi connectivity index (χ1n) is 8.12. The standard InChI is InChI=1S/C17H21N3O5S/c1-11-6-16(20(19-11)13-4-5-26(22,23)10-13)18-17(21)12-7-14(24-2)9-15(8-12)25-3/h6-9,13H,4-5,10H2,1-3H3,(H,18,21). The maximum absolute atomic E-state index is 12.7. The van der Waals surface area contributed by atoms with E-state index in [0.29, 0.717) is 35.0 Å². The number of carbonyl (C=O) groups excluding carboxylic acids is 1. The second kappa shape index (κ2) is 6.99. The van der Waals surface area contributed by atoms with Crippen LogP contribution in [0.25, 0.3) is 0 Å². The van der Waals surface area contributed by atoms with E-state index >= 15 is 0 Å². The van der Waals surface area contributed by atoms with Crippen LogP contribution in [0, 0.1) is 6.92 Å². The molecule has 1 amide bonds. The van der Waals surface area contributed by atoms with Gasteiger partial charge in [0.05, 0.1) is 37.5 Å². The van der Waals surface area contributed by atoms with Crippen LogP contribution in [-0.4, -0.2) is 49.8 Å². The molecule has 2 aromatic rings. The number of nitrogens with zero attached hydrogens (tertiary/aromatic N) is 2. The van der Waals surface area contributed by atoms with Gasteiger partial charge in [-0.3, -0.25) is 4.79 Å². The molecule has 1 unspecified atom stereocenters. The van der Waals surface area contributed by atoms with Gasteiger partial charge in [-0.25, -0.2) is 13.1 Å². The zero-order chi connectivity index (χ0) is 18.9. The Bertz CT molecular complexity index is 914. The van der Waals surface area contributed by atoms with E-state index in [1.807, 2.05) is 0 Å². The second-order valence-corrected chi connectivity index (χ2v) is 8.46. The molecule has 1 aromatic carbocycles. The van der Waals surface area contributed by atoms with Gasteiger partial charge in [0.2, 0.25) is 0 Å². The van der Waals surface area contributed by atoms with Crippen LogP contribution in [0.4, 0.5) is 5.82 Å². The van der Waals surface area contributed by atoms with Crippen LogP contribution >= 0.6 is 0 Å². The lowest BCUT2D eigenvalue weighted by Crippen LogP contribution is -2.19. The molecule has 1 aromatic heterocycles. The number of methoxy groups -OCH3 is 2. The molecule has 140 valence electrons. The maximum Gasteiger partial charge on any atom is 0.257 e. The maximum atomic E-state index is 12.7. The van der Waals surface area contributed by atoms with Gasteiger partial charge in [0.1, 0.15) is 17.3 Å². The quantitative estimate of drug-likeness (QED) is 0.851. The molecule has 9 heteroatoms. The summed E-state index contributed by atoms with van der Waals surface area (Å²) in [5.41, 5.74) is 1.07. The number of aryl methyl sites for hydroxylation is 1. The molecule has 2 heterocycles. The molecule has 1 fully saturated rings. The Kier molecular flexibility index (Phi) is 4.90. The molecule has 1 atom stereocenters. The Morgan fingerprint density at radius 2 is 1.85 bits per heavy atom. The van der Waals surface area contributed by atoms with Gasteiger partial charge in [-0.1, -0.05) is 0 Å². The van der Waals surface area contributed by atoms with Gasteiger partial charge < -0.3 is 14.8 Å². The first kappa shape index (κ1) is 18.2. The largest absolute Gasteiger partial charge is 0.497 e. The van der Waals surface area contributed by atoms with E-state index in [1.54, 1.807) is 35.9 Å². The molecular formula is C17H21N3O5S. The molecule has 0 bridgehead atoms. The van der Waals surface area contributed by atoms with Gasteiger partial charge in [-0.2, -0.15) is 5.10 Å². The Balaban J connectivity index is 1.87. The summed E-state index contributed by atoms with van der Waals surface area (Å²) < 4.78 is 35.5. The zero-order valence-corrected chi connectivity index (χ0v) is 15.7. The average molecular weight is 379 g/mol. The van der Waals surface area contributed by atoms with Crippen molar-refractivity contribution in [2.75, 3.05) is 31.0 Å². The smallest absolute Gasteiger partial charge is 0.257 e. The highest BCUT2D eigenvalue weighted by atomic mass is 32.2. The summed E-state index contributed by atoms with van der Waals surface area (Å²) in [6, 6.07) is 6.33. The van der Waals surface area contributed by atoms with Crippen LogP contribution in [0.2, 0.25) is 0 Å². The van der Waals surface area contributed by atoms with Crippen LogP contribution in [0.3, 0.4) is 0 Å². The number of aromatic nitrogens is 2. The number of sulfone groups is 1. The van der Waals surface area contributed by atoms with Gasteiger partial charge in [0.25, 0.3) is 5.91 Å². The minimum Gasteiger partial charge on any atom is -0.497 e. The minimum absolute atomic E-state index is 0.0317. The topological polar surface area (TPSA) is 99.5 Å². The third-order valence-corrected chi connectivity index (χ3v) is 6.02. The number of hydrogen-bond acceptors (Lipinski definition) is 6. The number of benzene rings is 1. The molecule has 1 N–H and O–H groups in total. The summed E-state index contributed by atoms with van der Waals surface area (Å²) in [7, 11) is -0.0377. The van der Waals surface area contributed by atoms with Gasteiger partial charge in [-0.05, 0) is 25.5 Å². The molecule has 0 aliphatic carbocycles. The molecule has 0 saturated carbocycles. The van der Waals surface area contributed by atoms with Crippen molar-refractivity contribution in [2.24, 2.45) is 0 Å². The van der Waals surface area contributed by atoms with Gasteiger partial charge in [0.15, 0.2) is 9.84 Å². The van der Waals surface area contributed by atoms with E-state index in [1.165, 1.54) is 14.2 Å². The van der Waals surface area contributed by atoms with Crippen LogP contribution in [0.5, 0.6) is 11.5 Å². The SMILES string of the molecule is COc1cc(OC)cc(C(=O)Nc2cc(C)nn2C2CCS(=O)(=O)C2)c1. The van der Waals surface area contributed by atoms with Crippen molar-refractivity contribution in [2.45, 2.75) is 19.4 Å². The molecule has 1 aliphatic heterocycles. The van der Waals surface area contributed by atoms with Gasteiger partial charge in [-0.15, -0.1) is 0 Å². The Morgan fingerprint density at radius 1 is 1.19 bits per heavy atom. The summed E-state index contributed by atoms with van der Waals surface area (Å²) in [6.07, 6.45) is 0.485. The van der Waals surface area contributed by atoms with E-state index in [0.717, 1.165) is 0 Å². The highest BCUT2D eigenvalue weighted by Gasteiger charge is 2.31. The number of nitrogens with one attached hydrogen (secondary N) is 1. The third kappa shape index (κ3) is 3.82. The van der Waals surface area contributed by atoms with Crippen molar-refractivity contribution < 1.29 is 22.7 Å². The van der Waals surface area contributed by atoms with Crippen molar-refractivity contribution in [3.63, 3.8) is 0 Å². The molecule has 1 saturated heterocycles. The number of ether oxygens (including phenoxy) is 2. The monoisotopic (exact) mass is 379 g/mol. The third-order valence-electron chi connectivity index (χ3n) is 4.27. The van der Waals surface area contributed by atoms with Crippen LogP contribution in [0.15, 0.2) is 24.3 Å². The summed E-state index contributed by atoms with van der Waals surface area (Å²) >= 11 is 0. The number of amides is 1. The van der Waals surface area contributed by atoms with Crippen LogP contribution < -0.4 is 14.8 Å². The summed E-state index contributed by atoms with van der Waals surface area (Å²) in [5, 5.41) is 7.17. The second-order valence-electron chi connectivity index (χ2n) is 6.23. The van der Waals surface area contributed by atoms with E-state index in [9.17, 15) is 13.2 Å². The fourth-order valence-electron chi connectivity index (χ4n) is 2.98. The van der Waals surface area contributed by atoms with Gasteiger partial charge in [0, 0.05) is 17.7 Å². The molecule has 8 nitrogen and oxygen atoms in total. The highest BCUT2D eigenvalue weighted by molar-refractivity contribution is 7.91. The number of anilines is 1. The Morgan fingerprint density at radius 3 is 2.38 bits per heavy atom. The van der Waals surface area contributed by atoms with Crippen molar-refractivity contribution >= 4 is 21.6 Å². The van der Waals surface area contributed by atoms with Gasteiger partial charge >= 0.3 is 0 Å². The first-order chi connectivity index (χ1) is 12.3. The average Bonchev–Trinajstić information content (AvgIpc) is 3.15. The lowest BCUT2D eigenvalue weighted by molar-refractivity contribution is 0.102.